The summed E-state index contributed by atoms with van der Waals surface area (Å²) in [6.45, 7) is 1.88. The van der Waals surface area contributed by atoms with Gasteiger partial charge in [-0.05, 0) is 38.0 Å². The highest BCUT2D eigenvalue weighted by atomic mass is 16.5. The number of rotatable bonds is 5. The molecule has 26 heavy (non-hydrogen) atoms. The molecule has 7 heteroatoms. The number of hydrogen-bond acceptors (Lipinski definition) is 5. The minimum atomic E-state index is -0.280. The van der Waals surface area contributed by atoms with Crippen LogP contribution in [0.3, 0.4) is 0 Å². The van der Waals surface area contributed by atoms with Gasteiger partial charge in [-0.2, -0.15) is 4.98 Å². The Kier molecular flexibility index (Phi) is 4.12. The van der Waals surface area contributed by atoms with E-state index in [1.165, 1.54) is 10.6 Å². The van der Waals surface area contributed by atoms with E-state index in [0.717, 1.165) is 18.4 Å². The van der Waals surface area contributed by atoms with Gasteiger partial charge in [0.05, 0.1) is 5.56 Å². The molecule has 3 aromatic rings. The molecule has 0 saturated heterocycles. The van der Waals surface area contributed by atoms with E-state index >= 15 is 0 Å². The largest absolute Gasteiger partial charge is 0.334 e. The summed E-state index contributed by atoms with van der Waals surface area (Å²) in [5, 5.41) is 6.76. The van der Waals surface area contributed by atoms with Crippen molar-refractivity contribution in [2.45, 2.75) is 32.2 Å². The lowest BCUT2D eigenvalue weighted by molar-refractivity contribution is -0.116. The van der Waals surface area contributed by atoms with Gasteiger partial charge in [-0.1, -0.05) is 22.9 Å². The Bertz CT molecular complexity index is 1000. The first-order chi connectivity index (χ1) is 12.6. The fourth-order valence-corrected chi connectivity index (χ4v) is 2.63. The van der Waals surface area contributed by atoms with Gasteiger partial charge in [0.1, 0.15) is 6.54 Å². The van der Waals surface area contributed by atoms with Gasteiger partial charge in [0.25, 0.3) is 11.4 Å². The van der Waals surface area contributed by atoms with E-state index in [1.807, 2.05) is 31.2 Å². The molecule has 1 aliphatic rings. The first-order valence-corrected chi connectivity index (χ1v) is 8.49. The van der Waals surface area contributed by atoms with Gasteiger partial charge in [0.15, 0.2) is 5.82 Å². The van der Waals surface area contributed by atoms with E-state index in [1.54, 1.807) is 12.3 Å². The number of aromatic nitrogens is 3. The fraction of sp³-hybridized carbons (Fsp3) is 0.263. The zero-order chi connectivity index (χ0) is 18.1. The van der Waals surface area contributed by atoms with E-state index in [2.05, 4.69) is 15.5 Å². The summed E-state index contributed by atoms with van der Waals surface area (Å²) < 4.78 is 6.61. The molecule has 2 heterocycles. The summed E-state index contributed by atoms with van der Waals surface area (Å²) in [6, 6.07) is 10.5. The van der Waals surface area contributed by atoms with Gasteiger partial charge in [0.2, 0.25) is 5.91 Å². The van der Waals surface area contributed by atoms with Gasteiger partial charge in [-0.15, -0.1) is 0 Å². The summed E-state index contributed by atoms with van der Waals surface area (Å²) in [6.07, 6.45) is 3.73. The summed E-state index contributed by atoms with van der Waals surface area (Å²) in [5.41, 5.74) is 2.15. The highest BCUT2D eigenvalue weighted by Gasteiger charge is 2.29. The van der Waals surface area contributed by atoms with Crippen molar-refractivity contribution in [3.05, 3.63) is 64.3 Å². The van der Waals surface area contributed by atoms with Crippen LogP contribution < -0.4 is 10.9 Å². The Morgan fingerprint density at radius 3 is 2.73 bits per heavy atom. The van der Waals surface area contributed by atoms with Crippen LogP contribution in [0.2, 0.25) is 0 Å². The second-order valence-electron chi connectivity index (χ2n) is 6.53. The third-order valence-corrected chi connectivity index (χ3v) is 4.26. The molecule has 0 spiro atoms. The highest BCUT2D eigenvalue weighted by Crippen LogP contribution is 2.38. The number of aryl methyl sites for hydroxylation is 1. The first kappa shape index (κ1) is 16.3. The maximum atomic E-state index is 12.2. The zero-order valence-corrected chi connectivity index (χ0v) is 14.3. The molecule has 0 unspecified atom stereocenters. The number of nitrogens with one attached hydrogen (secondary N) is 1. The molecule has 0 radical (unpaired) electrons. The molecule has 2 aromatic heterocycles. The molecular formula is C19H18N4O3. The molecule has 1 aromatic carbocycles. The van der Waals surface area contributed by atoms with E-state index in [9.17, 15) is 9.59 Å². The van der Waals surface area contributed by atoms with Gasteiger partial charge >= 0.3 is 0 Å². The second-order valence-corrected chi connectivity index (χ2v) is 6.53. The van der Waals surface area contributed by atoms with E-state index in [0.29, 0.717) is 28.9 Å². The van der Waals surface area contributed by atoms with Crippen molar-refractivity contribution in [2.24, 2.45) is 0 Å². The lowest BCUT2D eigenvalue weighted by Gasteiger charge is -2.08. The molecule has 1 aliphatic carbocycles. The number of carbonyl (C=O) groups is 1. The van der Waals surface area contributed by atoms with Gasteiger partial charge in [-0.25, -0.2) is 0 Å². The van der Waals surface area contributed by atoms with Crippen LogP contribution in [0.4, 0.5) is 5.69 Å². The maximum absolute atomic E-state index is 12.2. The monoisotopic (exact) mass is 350 g/mol. The van der Waals surface area contributed by atoms with Crippen molar-refractivity contribution in [3.8, 4) is 11.5 Å². The predicted molar refractivity (Wildman–Crippen MR) is 95.8 cm³/mol. The number of amides is 1. The molecule has 1 N–H and O–H groups in total. The SMILES string of the molecule is Cc1ccc(NC(=O)Cn2cc(-c3nc(C4CC4)no3)ccc2=O)cc1. The Labute approximate surface area is 149 Å². The number of anilines is 1. The zero-order valence-electron chi connectivity index (χ0n) is 14.3. The Morgan fingerprint density at radius 1 is 1.23 bits per heavy atom. The molecule has 132 valence electrons. The Morgan fingerprint density at radius 2 is 2.00 bits per heavy atom. The molecule has 1 amide bonds. The van der Waals surface area contributed by atoms with Crippen LogP contribution in [-0.2, 0) is 11.3 Å². The number of nitrogens with zero attached hydrogens (tertiary/aromatic N) is 3. The van der Waals surface area contributed by atoms with Crippen molar-refractivity contribution in [2.75, 3.05) is 5.32 Å². The minimum absolute atomic E-state index is 0.0931. The Balaban J connectivity index is 1.51. The molecule has 0 aliphatic heterocycles. The average molecular weight is 350 g/mol. The smallest absolute Gasteiger partial charge is 0.259 e. The van der Waals surface area contributed by atoms with Crippen LogP contribution in [0.25, 0.3) is 11.5 Å². The lowest BCUT2D eigenvalue weighted by atomic mass is 10.2. The van der Waals surface area contributed by atoms with Crippen LogP contribution in [0.1, 0.15) is 30.1 Å². The third kappa shape index (κ3) is 3.56. The van der Waals surface area contributed by atoms with Crippen molar-refractivity contribution >= 4 is 11.6 Å². The standard InChI is InChI=1S/C19H18N4O3/c1-12-2-7-15(8-3-12)20-16(24)11-23-10-14(6-9-17(23)25)19-21-18(22-26-19)13-4-5-13/h2-3,6-10,13H,4-5,11H2,1H3,(H,20,24). The van der Waals surface area contributed by atoms with Crippen LogP contribution in [0.15, 0.2) is 51.9 Å². The van der Waals surface area contributed by atoms with E-state index < -0.39 is 0 Å². The number of pyridine rings is 1. The molecule has 0 atom stereocenters. The van der Waals surface area contributed by atoms with E-state index in [-0.39, 0.29) is 18.0 Å². The molecule has 1 fully saturated rings. The molecule has 7 nitrogen and oxygen atoms in total. The number of benzene rings is 1. The normalized spacial score (nSPS) is 13.6. The lowest BCUT2D eigenvalue weighted by Crippen LogP contribution is -2.26. The third-order valence-electron chi connectivity index (χ3n) is 4.26. The predicted octanol–water partition coefficient (Wildman–Crippen LogP) is 2.72. The van der Waals surface area contributed by atoms with Crippen LogP contribution >= 0.6 is 0 Å². The van der Waals surface area contributed by atoms with Gasteiger partial charge < -0.3 is 14.4 Å². The van der Waals surface area contributed by atoms with Gasteiger partial charge in [-0.3, -0.25) is 9.59 Å². The highest BCUT2D eigenvalue weighted by molar-refractivity contribution is 5.90. The molecule has 0 bridgehead atoms. The maximum Gasteiger partial charge on any atom is 0.259 e. The summed E-state index contributed by atoms with van der Waals surface area (Å²) >= 11 is 0. The first-order valence-electron chi connectivity index (χ1n) is 8.49. The second kappa shape index (κ2) is 6.59. The molecular weight excluding hydrogens is 332 g/mol. The summed E-state index contributed by atoms with van der Waals surface area (Å²) in [7, 11) is 0. The number of hydrogen-bond donors (Lipinski definition) is 1. The van der Waals surface area contributed by atoms with Gasteiger partial charge in [0, 0.05) is 23.9 Å². The topological polar surface area (TPSA) is 90.0 Å². The fourth-order valence-electron chi connectivity index (χ4n) is 2.63. The Hall–Kier alpha value is -3.22. The quantitative estimate of drug-likeness (QED) is 0.764. The number of carbonyl (C=O) groups excluding carboxylic acids is 1. The average Bonchev–Trinajstić information content (AvgIpc) is 3.36. The van der Waals surface area contributed by atoms with Crippen molar-refractivity contribution in [3.63, 3.8) is 0 Å². The minimum Gasteiger partial charge on any atom is -0.334 e. The van der Waals surface area contributed by atoms with E-state index in [4.69, 9.17) is 4.52 Å². The summed E-state index contributed by atoms with van der Waals surface area (Å²) in [4.78, 5) is 28.7. The molecule has 1 saturated carbocycles. The van der Waals surface area contributed by atoms with Crippen LogP contribution in [0, 0.1) is 6.92 Å². The molecule has 4 rings (SSSR count). The van der Waals surface area contributed by atoms with Crippen LogP contribution in [-0.4, -0.2) is 20.6 Å². The summed E-state index contributed by atoms with van der Waals surface area (Å²) in [5.74, 6) is 1.17. The van der Waals surface area contributed by atoms with Crippen molar-refractivity contribution < 1.29 is 9.32 Å². The van der Waals surface area contributed by atoms with Crippen molar-refractivity contribution in [1.82, 2.24) is 14.7 Å². The van der Waals surface area contributed by atoms with Crippen LogP contribution in [0.5, 0.6) is 0 Å². The van der Waals surface area contributed by atoms with Crippen molar-refractivity contribution in [1.29, 1.82) is 0 Å².